The lowest BCUT2D eigenvalue weighted by Crippen LogP contribution is -1.98. The number of benzene rings is 2. The summed E-state index contributed by atoms with van der Waals surface area (Å²) in [5.74, 6) is 1.48. The summed E-state index contributed by atoms with van der Waals surface area (Å²) in [6, 6.07) is 11.9. The van der Waals surface area contributed by atoms with Gasteiger partial charge in [-0.05, 0) is 29.3 Å². The van der Waals surface area contributed by atoms with E-state index >= 15 is 0 Å². The van der Waals surface area contributed by atoms with Gasteiger partial charge in [0.1, 0.15) is 0 Å². The van der Waals surface area contributed by atoms with Crippen molar-refractivity contribution in [1.82, 2.24) is 0 Å². The summed E-state index contributed by atoms with van der Waals surface area (Å²) in [5.41, 5.74) is 2.11. The molecule has 0 saturated carbocycles. The third-order valence-electron chi connectivity index (χ3n) is 3.30. The Balaban J connectivity index is 1.97. The largest absolute Gasteiger partial charge is 0.490 e. The Labute approximate surface area is 145 Å². The average Bonchev–Trinajstić information content (AvgIpc) is 2.71. The summed E-state index contributed by atoms with van der Waals surface area (Å²) < 4.78 is 12.4. The van der Waals surface area contributed by atoms with E-state index in [1.165, 1.54) is 0 Å². The van der Waals surface area contributed by atoms with Crippen LogP contribution in [-0.2, 0) is 0 Å². The molecule has 1 aliphatic rings. The van der Waals surface area contributed by atoms with Gasteiger partial charge in [0.15, 0.2) is 11.5 Å². The maximum atomic E-state index is 6.42. The second-order valence-electron chi connectivity index (χ2n) is 4.79. The van der Waals surface area contributed by atoms with Crippen LogP contribution in [0.25, 0.3) is 0 Å². The van der Waals surface area contributed by atoms with Crippen LogP contribution in [0, 0.1) is 0 Å². The van der Waals surface area contributed by atoms with Crippen molar-refractivity contribution in [2.75, 3.05) is 13.2 Å². The molecule has 2 aromatic rings. The van der Waals surface area contributed by atoms with E-state index in [2.05, 4.69) is 44.0 Å². The lowest BCUT2D eigenvalue weighted by atomic mass is 10.0. The summed E-state index contributed by atoms with van der Waals surface area (Å²) in [5, 5.41) is 0.670. The minimum absolute atomic E-state index is 0.00949. The molecule has 0 radical (unpaired) electrons. The Morgan fingerprint density at radius 2 is 1.62 bits per heavy atom. The molecule has 0 amide bonds. The molecule has 0 aliphatic carbocycles. The second kappa shape index (κ2) is 6.59. The molecule has 1 unspecified atom stereocenters. The number of fused-ring (bicyclic) bond motifs is 1. The maximum Gasteiger partial charge on any atom is 0.162 e. The predicted molar refractivity (Wildman–Crippen MR) is 92.0 cm³/mol. The monoisotopic (exact) mass is 430 g/mol. The molecule has 0 fully saturated rings. The zero-order valence-electron chi connectivity index (χ0n) is 11.1. The number of halogens is 3. The lowest BCUT2D eigenvalue weighted by molar-refractivity contribution is 0.297. The van der Waals surface area contributed by atoms with Crippen molar-refractivity contribution in [2.24, 2.45) is 0 Å². The van der Waals surface area contributed by atoms with Gasteiger partial charge in [0.2, 0.25) is 0 Å². The fourth-order valence-electron chi connectivity index (χ4n) is 2.21. The Kier molecular flexibility index (Phi) is 4.77. The van der Waals surface area contributed by atoms with Gasteiger partial charge in [-0.3, -0.25) is 0 Å². The molecule has 0 aromatic heterocycles. The van der Waals surface area contributed by atoms with Crippen molar-refractivity contribution >= 4 is 43.5 Å². The van der Waals surface area contributed by atoms with Crippen molar-refractivity contribution in [3.8, 4) is 11.5 Å². The zero-order chi connectivity index (χ0) is 14.8. The first-order valence-corrected chi connectivity index (χ1v) is 8.72. The summed E-state index contributed by atoms with van der Waals surface area (Å²) in [6.07, 6.45) is 0.881. The molecule has 0 spiro atoms. The van der Waals surface area contributed by atoms with E-state index in [9.17, 15) is 0 Å². The second-order valence-corrected chi connectivity index (χ2v) is 7.02. The van der Waals surface area contributed by atoms with Crippen LogP contribution in [0.15, 0.2) is 40.9 Å². The summed E-state index contributed by atoms with van der Waals surface area (Å²) in [7, 11) is 0. The lowest BCUT2D eigenvalue weighted by Gasteiger charge is -2.16. The maximum absolute atomic E-state index is 6.42. The van der Waals surface area contributed by atoms with E-state index in [0.717, 1.165) is 33.5 Å². The highest BCUT2D eigenvalue weighted by atomic mass is 79.9. The van der Waals surface area contributed by atoms with E-state index in [1.54, 1.807) is 0 Å². The van der Waals surface area contributed by atoms with E-state index in [0.29, 0.717) is 18.2 Å². The number of hydrogen-bond donors (Lipinski definition) is 0. The van der Waals surface area contributed by atoms with Crippen LogP contribution in [0.1, 0.15) is 22.4 Å². The first-order chi connectivity index (χ1) is 10.1. The number of rotatable bonds is 2. The molecule has 0 N–H and O–H groups in total. The number of alkyl halides is 1. The molecule has 0 saturated heterocycles. The Hall–Kier alpha value is -0.710. The van der Waals surface area contributed by atoms with Gasteiger partial charge in [0, 0.05) is 22.0 Å². The molecule has 0 bridgehead atoms. The van der Waals surface area contributed by atoms with Crippen LogP contribution in [-0.4, -0.2) is 13.2 Å². The Morgan fingerprint density at radius 3 is 2.29 bits per heavy atom. The SMILES string of the molecule is Clc1cc2c(cc1C(Br)c1ccc(Br)cc1)OCCCO2. The minimum Gasteiger partial charge on any atom is -0.490 e. The summed E-state index contributed by atoms with van der Waals surface area (Å²) >= 11 is 13.6. The van der Waals surface area contributed by atoms with Gasteiger partial charge in [-0.25, -0.2) is 0 Å². The van der Waals surface area contributed by atoms with Gasteiger partial charge in [-0.2, -0.15) is 0 Å². The van der Waals surface area contributed by atoms with Crippen LogP contribution in [0.4, 0.5) is 0 Å². The van der Waals surface area contributed by atoms with Gasteiger partial charge in [-0.15, -0.1) is 0 Å². The van der Waals surface area contributed by atoms with Gasteiger partial charge >= 0.3 is 0 Å². The average molecular weight is 433 g/mol. The molecule has 1 heterocycles. The number of ether oxygens (including phenoxy) is 2. The van der Waals surface area contributed by atoms with Crippen molar-refractivity contribution in [3.05, 3.63) is 57.0 Å². The molecule has 2 nitrogen and oxygen atoms in total. The summed E-state index contributed by atoms with van der Waals surface area (Å²) in [6.45, 7) is 1.33. The van der Waals surface area contributed by atoms with Crippen LogP contribution >= 0.6 is 43.5 Å². The molecule has 2 aromatic carbocycles. The van der Waals surface area contributed by atoms with Crippen molar-refractivity contribution in [2.45, 2.75) is 11.2 Å². The van der Waals surface area contributed by atoms with Gasteiger partial charge in [-0.1, -0.05) is 55.6 Å². The first-order valence-electron chi connectivity index (χ1n) is 6.64. The van der Waals surface area contributed by atoms with Crippen molar-refractivity contribution in [1.29, 1.82) is 0 Å². The minimum atomic E-state index is 0.00949. The fraction of sp³-hybridized carbons (Fsp3) is 0.250. The predicted octanol–water partition coefficient (Wildman–Crippen LogP) is 5.75. The zero-order valence-corrected chi connectivity index (χ0v) is 15.0. The van der Waals surface area contributed by atoms with Crippen LogP contribution < -0.4 is 9.47 Å². The molecule has 21 heavy (non-hydrogen) atoms. The highest BCUT2D eigenvalue weighted by Gasteiger charge is 2.19. The van der Waals surface area contributed by atoms with Crippen LogP contribution in [0.3, 0.4) is 0 Å². The van der Waals surface area contributed by atoms with Crippen molar-refractivity contribution in [3.63, 3.8) is 0 Å². The van der Waals surface area contributed by atoms with Gasteiger partial charge < -0.3 is 9.47 Å². The van der Waals surface area contributed by atoms with Gasteiger partial charge in [0.05, 0.1) is 18.0 Å². The molecule has 5 heteroatoms. The molecular formula is C16H13Br2ClO2. The van der Waals surface area contributed by atoms with E-state index < -0.39 is 0 Å². The highest BCUT2D eigenvalue weighted by Crippen LogP contribution is 2.42. The highest BCUT2D eigenvalue weighted by molar-refractivity contribution is 9.10. The first kappa shape index (κ1) is 15.2. The Morgan fingerprint density at radius 1 is 1.00 bits per heavy atom. The van der Waals surface area contributed by atoms with Crippen LogP contribution in [0.2, 0.25) is 5.02 Å². The molecule has 1 aliphatic heterocycles. The number of hydrogen-bond acceptors (Lipinski definition) is 2. The molecular weight excluding hydrogens is 419 g/mol. The standard InChI is InChI=1S/C16H13Br2ClO2/c17-11-4-2-10(3-5-11)16(18)12-8-14-15(9-13(12)19)21-7-1-6-20-14/h2-5,8-9,16H,1,6-7H2. The third kappa shape index (κ3) is 3.38. The molecule has 3 rings (SSSR count). The van der Waals surface area contributed by atoms with Crippen molar-refractivity contribution < 1.29 is 9.47 Å². The fourth-order valence-corrected chi connectivity index (χ4v) is 3.55. The summed E-state index contributed by atoms with van der Waals surface area (Å²) in [4.78, 5) is 0.00949. The van der Waals surface area contributed by atoms with E-state index in [1.807, 2.05) is 24.3 Å². The van der Waals surface area contributed by atoms with E-state index in [4.69, 9.17) is 21.1 Å². The topological polar surface area (TPSA) is 18.5 Å². The van der Waals surface area contributed by atoms with Crippen LogP contribution in [0.5, 0.6) is 11.5 Å². The van der Waals surface area contributed by atoms with E-state index in [-0.39, 0.29) is 4.83 Å². The molecule has 1 atom stereocenters. The normalized spacial score (nSPS) is 15.4. The Bertz CT molecular complexity index is 643. The third-order valence-corrected chi connectivity index (χ3v) is 5.18. The van der Waals surface area contributed by atoms with Gasteiger partial charge in [0.25, 0.3) is 0 Å². The smallest absolute Gasteiger partial charge is 0.162 e. The molecule has 110 valence electrons. The quantitative estimate of drug-likeness (QED) is 0.563.